The number of hydrogen-bond acceptors (Lipinski definition) is 5. The maximum atomic E-state index is 10.8. The van der Waals surface area contributed by atoms with Gasteiger partial charge < -0.3 is 10.2 Å². The summed E-state index contributed by atoms with van der Waals surface area (Å²) in [6, 6.07) is 13.1. The molecule has 1 atom stereocenters. The summed E-state index contributed by atoms with van der Waals surface area (Å²) in [6.45, 7) is 1.94. The van der Waals surface area contributed by atoms with Gasteiger partial charge in [0.15, 0.2) is 0 Å². The van der Waals surface area contributed by atoms with Crippen LogP contribution in [0.5, 0.6) is 5.75 Å². The highest BCUT2D eigenvalue weighted by Gasteiger charge is 2.11. The molecular formula is C20H20N2O3S. The molecule has 134 valence electrons. The number of benzene rings is 2. The Bertz CT molecular complexity index is 949. The fourth-order valence-electron chi connectivity index (χ4n) is 2.84. The lowest BCUT2D eigenvalue weighted by molar-refractivity contribution is -0.138. The molecule has 1 heterocycles. The second-order valence-electron chi connectivity index (χ2n) is 6.33. The van der Waals surface area contributed by atoms with Crippen molar-refractivity contribution in [1.29, 1.82) is 0 Å². The van der Waals surface area contributed by atoms with Crippen molar-refractivity contribution >= 4 is 39.5 Å². The van der Waals surface area contributed by atoms with Gasteiger partial charge in [-0.05, 0) is 41.7 Å². The van der Waals surface area contributed by atoms with Gasteiger partial charge in [0.2, 0.25) is 0 Å². The summed E-state index contributed by atoms with van der Waals surface area (Å²) in [5, 5.41) is 31.5. The molecule has 0 bridgehead atoms. The van der Waals surface area contributed by atoms with E-state index in [9.17, 15) is 9.90 Å². The first-order valence-corrected chi connectivity index (χ1v) is 9.33. The van der Waals surface area contributed by atoms with Crippen molar-refractivity contribution in [2.24, 2.45) is 16.1 Å². The summed E-state index contributed by atoms with van der Waals surface area (Å²) < 4.78 is 0. The van der Waals surface area contributed by atoms with E-state index >= 15 is 0 Å². The van der Waals surface area contributed by atoms with E-state index in [1.165, 1.54) is 0 Å². The highest BCUT2D eigenvalue weighted by molar-refractivity contribution is 7.10. The number of aliphatic carboxylic acids is 1. The van der Waals surface area contributed by atoms with Crippen molar-refractivity contribution in [3.05, 3.63) is 52.7 Å². The molecule has 5 nitrogen and oxygen atoms in total. The van der Waals surface area contributed by atoms with Gasteiger partial charge >= 0.3 is 5.97 Å². The molecule has 0 fully saturated rings. The highest BCUT2D eigenvalue weighted by Crippen LogP contribution is 2.37. The molecule has 3 aromatic rings. The number of carbonyl (C=O) groups is 1. The minimum atomic E-state index is -0.768. The topological polar surface area (TPSA) is 82.2 Å². The number of hydrogen-bond donors (Lipinski definition) is 2. The summed E-state index contributed by atoms with van der Waals surface area (Å²) in [4.78, 5) is 11.9. The van der Waals surface area contributed by atoms with Gasteiger partial charge in [-0.3, -0.25) is 4.79 Å². The van der Waals surface area contributed by atoms with E-state index in [4.69, 9.17) is 5.11 Å². The summed E-state index contributed by atoms with van der Waals surface area (Å²) in [5.74, 6) is -0.559. The monoisotopic (exact) mass is 368 g/mol. The number of aryl methyl sites for hydroxylation is 1. The predicted molar refractivity (Wildman–Crippen MR) is 104 cm³/mol. The van der Waals surface area contributed by atoms with Crippen LogP contribution >= 0.6 is 11.3 Å². The van der Waals surface area contributed by atoms with Crippen LogP contribution in [0.25, 0.3) is 10.8 Å². The van der Waals surface area contributed by atoms with E-state index in [1.807, 2.05) is 48.7 Å². The SMILES string of the molecule is C[C@H](CCc1sccc1N=Nc1c(O)ccc2ccccc12)CC(=O)O. The van der Waals surface area contributed by atoms with Crippen molar-refractivity contribution < 1.29 is 15.0 Å². The molecule has 0 aliphatic rings. The van der Waals surface area contributed by atoms with E-state index in [-0.39, 0.29) is 18.1 Å². The maximum Gasteiger partial charge on any atom is 0.303 e. The molecule has 0 aliphatic heterocycles. The van der Waals surface area contributed by atoms with E-state index in [1.54, 1.807) is 17.4 Å². The Morgan fingerprint density at radius 3 is 2.77 bits per heavy atom. The Hall–Kier alpha value is -2.73. The lowest BCUT2D eigenvalue weighted by Crippen LogP contribution is -2.04. The number of carboxylic acids is 1. The fraction of sp³-hybridized carbons (Fsp3) is 0.250. The van der Waals surface area contributed by atoms with Crippen molar-refractivity contribution in [2.75, 3.05) is 0 Å². The van der Waals surface area contributed by atoms with E-state index < -0.39 is 5.97 Å². The van der Waals surface area contributed by atoms with Crippen LogP contribution in [-0.2, 0) is 11.2 Å². The van der Waals surface area contributed by atoms with Gasteiger partial charge in [-0.15, -0.1) is 21.6 Å². The first-order chi connectivity index (χ1) is 12.5. The van der Waals surface area contributed by atoms with Crippen molar-refractivity contribution in [2.45, 2.75) is 26.2 Å². The molecule has 0 spiro atoms. The largest absolute Gasteiger partial charge is 0.506 e. The molecule has 1 aromatic heterocycles. The molecule has 6 heteroatoms. The van der Waals surface area contributed by atoms with Crippen LogP contribution in [0.2, 0.25) is 0 Å². The summed E-state index contributed by atoms with van der Waals surface area (Å²) in [6.07, 6.45) is 1.73. The number of carboxylic acid groups (broad SMARTS) is 1. The molecule has 0 saturated heterocycles. The molecule has 2 aromatic carbocycles. The van der Waals surface area contributed by atoms with Crippen LogP contribution in [0.3, 0.4) is 0 Å². The molecule has 0 radical (unpaired) electrons. The number of nitrogens with zero attached hydrogens (tertiary/aromatic N) is 2. The van der Waals surface area contributed by atoms with Crippen LogP contribution in [-0.4, -0.2) is 16.2 Å². The molecule has 2 N–H and O–H groups in total. The molecule has 26 heavy (non-hydrogen) atoms. The van der Waals surface area contributed by atoms with Gasteiger partial charge in [-0.2, -0.15) is 0 Å². The van der Waals surface area contributed by atoms with Crippen LogP contribution in [0.4, 0.5) is 11.4 Å². The summed E-state index contributed by atoms with van der Waals surface area (Å²) in [7, 11) is 0. The standard InChI is InChI=1S/C20H20N2O3S/c1-13(12-19(24)25)6-9-18-16(10-11-26-18)21-22-20-15-5-3-2-4-14(15)7-8-17(20)23/h2-5,7-8,10-11,13,23H,6,9,12H2,1H3,(H,24,25)/t13-/m1/s1. The quantitative estimate of drug-likeness (QED) is 0.497. The van der Waals surface area contributed by atoms with Gasteiger partial charge in [0.25, 0.3) is 0 Å². The second kappa shape index (κ2) is 8.10. The van der Waals surface area contributed by atoms with Gasteiger partial charge in [-0.1, -0.05) is 37.3 Å². The first kappa shape index (κ1) is 18.1. The Kier molecular flexibility index (Phi) is 5.63. The van der Waals surface area contributed by atoms with Crippen molar-refractivity contribution in [3.63, 3.8) is 0 Å². The molecule has 3 rings (SSSR count). The third kappa shape index (κ3) is 4.26. The highest BCUT2D eigenvalue weighted by atomic mass is 32.1. The summed E-state index contributed by atoms with van der Waals surface area (Å²) in [5.41, 5.74) is 1.23. The van der Waals surface area contributed by atoms with E-state index in [0.29, 0.717) is 5.69 Å². The molecule has 0 amide bonds. The Balaban J connectivity index is 1.79. The molecule has 0 aliphatic carbocycles. The number of phenolic OH excluding ortho intramolecular Hbond substituents is 1. The molecular weight excluding hydrogens is 348 g/mol. The number of rotatable bonds is 7. The smallest absolute Gasteiger partial charge is 0.303 e. The number of fused-ring (bicyclic) bond motifs is 1. The van der Waals surface area contributed by atoms with Gasteiger partial charge in [-0.25, -0.2) is 0 Å². The van der Waals surface area contributed by atoms with Gasteiger partial charge in [0.1, 0.15) is 11.4 Å². The second-order valence-corrected chi connectivity index (χ2v) is 7.33. The predicted octanol–water partition coefficient (Wildman–Crippen LogP) is 6.07. The van der Waals surface area contributed by atoms with Crippen LogP contribution in [0, 0.1) is 5.92 Å². The lowest BCUT2D eigenvalue weighted by atomic mass is 10.0. The Morgan fingerprint density at radius 2 is 1.96 bits per heavy atom. The van der Waals surface area contributed by atoms with Gasteiger partial charge in [0.05, 0.1) is 5.69 Å². The Labute approximate surface area is 155 Å². The number of phenols is 1. The minimum Gasteiger partial charge on any atom is -0.506 e. The Morgan fingerprint density at radius 1 is 1.15 bits per heavy atom. The number of azo groups is 1. The van der Waals surface area contributed by atoms with Crippen molar-refractivity contribution in [3.8, 4) is 5.75 Å². The zero-order valence-corrected chi connectivity index (χ0v) is 15.2. The molecule has 0 unspecified atom stereocenters. The van der Waals surface area contributed by atoms with Crippen LogP contribution < -0.4 is 0 Å². The fourth-order valence-corrected chi connectivity index (χ4v) is 3.67. The van der Waals surface area contributed by atoms with E-state index in [0.717, 1.165) is 34.2 Å². The maximum absolute atomic E-state index is 10.8. The van der Waals surface area contributed by atoms with Crippen LogP contribution in [0.1, 0.15) is 24.6 Å². The van der Waals surface area contributed by atoms with Crippen molar-refractivity contribution in [1.82, 2.24) is 0 Å². The van der Waals surface area contributed by atoms with Gasteiger partial charge in [0, 0.05) is 16.7 Å². The lowest BCUT2D eigenvalue weighted by Gasteiger charge is -2.07. The average molecular weight is 368 g/mol. The summed E-state index contributed by atoms with van der Waals surface area (Å²) >= 11 is 1.59. The number of aromatic hydroxyl groups is 1. The normalized spacial score (nSPS) is 12.7. The zero-order chi connectivity index (χ0) is 18.5. The minimum absolute atomic E-state index is 0.0966. The third-order valence-electron chi connectivity index (χ3n) is 4.25. The third-order valence-corrected chi connectivity index (χ3v) is 5.22. The zero-order valence-electron chi connectivity index (χ0n) is 14.4. The molecule has 0 saturated carbocycles. The number of thiophene rings is 1. The average Bonchev–Trinajstić information content (AvgIpc) is 3.06. The first-order valence-electron chi connectivity index (χ1n) is 8.45. The van der Waals surface area contributed by atoms with Crippen LogP contribution in [0.15, 0.2) is 58.1 Å². The van der Waals surface area contributed by atoms with E-state index in [2.05, 4.69) is 10.2 Å².